The smallest absolute Gasteiger partial charge is 0.272 e. The molecule has 2 aromatic rings. The third-order valence-corrected chi connectivity index (χ3v) is 3.11. The highest BCUT2D eigenvalue weighted by Crippen LogP contribution is 2.38. The van der Waals surface area contributed by atoms with Gasteiger partial charge in [0.05, 0.1) is 5.69 Å². The summed E-state index contributed by atoms with van der Waals surface area (Å²) in [7, 11) is 0. The van der Waals surface area contributed by atoms with Gasteiger partial charge in [-0.05, 0) is 26.7 Å². The molecule has 1 saturated carbocycles. The number of nitrogens with zero attached hydrogens (tertiary/aromatic N) is 2. The molecule has 0 aromatic carbocycles. The van der Waals surface area contributed by atoms with Gasteiger partial charge in [-0.1, -0.05) is 0 Å². The molecule has 78 valence electrons. The summed E-state index contributed by atoms with van der Waals surface area (Å²) in [5.74, 6) is 0.525. The van der Waals surface area contributed by atoms with E-state index in [4.69, 9.17) is 0 Å². The molecule has 1 fully saturated rings. The summed E-state index contributed by atoms with van der Waals surface area (Å²) in [5.41, 5.74) is 3.81. The maximum Gasteiger partial charge on any atom is 0.272 e. The zero-order valence-electron chi connectivity index (χ0n) is 8.87. The van der Waals surface area contributed by atoms with Crippen molar-refractivity contribution in [1.29, 1.82) is 0 Å². The molecule has 4 heteroatoms. The van der Waals surface area contributed by atoms with Gasteiger partial charge in [-0.15, -0.1) is 0 Å². The lowest BCUT2D eigenvalue weighted by Gasteiger charge is -1.98. The van der Waals surface area contributed by atoms with Gasteiger partial charge >= 0.3 is 0 Å². The third-order valence-electron chi connectivity index (χ3n) is 3.11. The molecule has 0 unspecified atom stereocenters. The molecule has 0 atom stereocenters. The van der Waals surface area contributed by atoms with Crippen LogP contribution in [-0.4, -0.2) is 14.6 Å². The molecule has 1 aliphatic rings. The van der Waals surface area contributed by atoms with E-state index in [1.165, 1.54) is 17.4 Å². The molecule has 15 heavy (non-hydrogen) atoms. The van der Waals surface area contributed by atoms with E-state index in [-0.39, 0.29) is 5.56 Å². The maximum atomic E-state index is 11.8. The fraction of sp³-hybridized carbons (Fsp3) is 0.455. The number of aromatic nitrogens is 3. The molecule has 1 aliphatic carbocycles. The number of hydrogen-bond donors (Lipinski definition) is 1. The zero-order valence-corrected chi connectivity index (χ0v) is 8.87. The Balaban J connectivity index is 2.37. The second-order valence-corrected chi connectivity index (χ2v) is 4.31. The summed E-state index contributed by atoms with van der Waals surface area (Å²) >= 11 is 0. The second-order valence-electron chi connectivity index (χ2n) is 4.31. The average Bonchev–Trinajstić information content (AvgIpc) is 2.99. The monoisotopic (exact) mass is 203 g/mol. The average molecular weight is 203 g/mol. The Hall–Kier alpha value is -1.58. The number of nitrogens with one attached hydrogen (secondary N) is 1. The molecule has 3 rings (SSSR count). The van der Waals surface area contributed by atoms with E-state index in [1.54, 1.807) is 6.07 Å². The van der Waals surface area contributed by atoms with E-state index in [0.29, 0.717) is 5.92 Å². The maximum absolute atomic E-state index is 11.8. The minimum Gasteiger partial charge on any atom is -0.294 e. The van der Waals surface area contributed by atoms with Crippen molar-refractivity contribution in [1.82, 2.24) is 14.6 Å². The fourth-order valence-electron chi connectivity index (χ4n) is 1.87. The topological polar surface area (TPSA) is 50.2 Å². The van der Waals surface area contributed by atoms with E-state index < -0.39 is 0 Å². The van der Waals surface area contributed by atoms with Crippen molar-refractivity contribution in [2.45, 2.75) is 32.6 Å². The number of H-pyrrole nitrogens is 1. The first kappa shape index (κ1) is 8.71. The molecule has 2 aromatic heterocycles. The second kappa shape index (κ2) is 2.72. The highest BCUT2D eigenvalue weighted by atomic mass is 16.1. The summed E-state index contributed by atoms with van der Waals surface area (Å²) in [6, 6.07) is 1.65. The van der Waals surface area contributed by atoms with E-state index >= 15 is 0 Å². The lowest BCUT2D eigenvalue weighted by atomic mass is 10.2. The summed E-state index contributed by atoms with van der Waals surface area (Å²) in [5, 5.41) is 3.02. The Bertz CT molecular complexity index is 590. The molecule has 0 bridgehead atoms. The number of fused-ring (bicyclic) bond motifs is 1. The first-order valence-electron chi connectivity index (χ1n) is 5.25. The van der Waals surface area contributed by atoms with Crippen molar-refractivity contribution >= 4 is 5.65 Å². The van der Waals surface area contributed by atoms with Crippen LogP contribution < -0.4 is 5.56 Å². The van der Waals surface area contributed by atoms with Crippen LogP contribution >= 0.6 is 0 Å². The Labute approximate surface area is 86.9 Å². The van der Waals surface area contributed by atoms with Gasteiger partial charge in [0, 0.05) is 23.2 Å². The number of aryl methyl sites for hydroxylation is 2. The summed E-state index contributed by atoms with van der Waals surface area (Å²) in [6.45, 7) is 3.95. The molecule has 1 N–H and O–H groups in total. The van der Waals surface area contributed by atoms with Crippen molar-refractivity contribution in [3.05, 3.63) is 33.4 Å². The third kappa shape index (κ3) is 1.21. The van der Waals surface area contributed by atoms with Crippen LogP contribution in [0.5, 0.6) is 0 Å². The van der Waals surface area contributed by atoms with Crippen molar-refractivity contribution in [3.8, 4) is 0 Å². The van der Waals surface area contributed by atoms with E-state index in [2.05, 4.69) is 10.1 Å². The minimum atomic E-state index is -0.00176. The van der Waals surface area contributed by atoms with Crippen LogP contribution in [0.1, 0.15) is 35.7 Å². The van der Waals surface area contributed by atoms with Gasteiger partial charge in [0.25, 0.3) is 5.56 Å². The van der Waals surface area contributed by atoms with Gasteiger partial charge in [-0.3, -0.25) is 9.89 Å². The highest BCUT2D eigenvalue weighted by Gasteiger charge is 2.26. The molecule has 0 aliphatic heterocycles. The van der Waals surface area contributed by atoms with Crippen LogP contribution in [0.3, 0.4) is 0 Å². The van der Waals surface area contributed by atoms with Crippen molar-refractivity contribution in [2.24, 2.45) is 0 Å². The van der Waals surface area contributed by atoms with Crippen LogP contribution in [0.15, 0.2) is 10.9 Å². The minimum absolute atomic E-state index is 0.00176. The molecular weight excluding hydrogens is 190 g/mol. The summed E-state index contributed by atoms with van der Waals surface area (Å²) < 4.78 is 1.52. The van der Waals surface area contributed by atoms with Crippen LogP contribution in [0.2, 0.25) is 0 Å². The molecule has 0 radical (unpaired) electrons. The van der Waals surface area contributed by atoms with Gasteiger partial charge in [0.15, 0.2) is 5.65 Å². The van der Waals surface area contributed by atoms with Crippen molar-refractivity contribution < 1.29 is 0 Å². The van der Waals surface area contributed by atoms with Gasteiger partial charge in [0.2, 0.25) is 0 Å². The molecule has 0 amide bonds. The van der Waals surface area contributed by atoms with Gasteiger partial charge in [-0.2, -0.15) is 0 Å². The largest absolute Gasteiger partial charge is 0.294 e. The van der Waals surface area contributed by atoms with Gasteiger partial charge < -0.3 is 0 Å². The first-order chi connectivity index (χ1) is 7.16. The lowest BCUT2D eigenvalue weighted by molar-refractivity contribution is 0.860. The van der Waals surface area contributed by atoms with E-state index in [9.17, 15) is 4.79 Å². The van der Waals surface area contributed by atoms with E-state index in [1.807, 2.05) is 13.8 Å². The standard InChI is InChI=1S/C11H13N3O/c1-6-7(2)13-14-10(15)5-9(8-3-4-8)12-11(6)14/h5,8,13H,3-4H2,1-2H3. The number of hydrogen-bond acceptors (Lipinski definition) is 2. The molecular formula is C11H13N3O. The Kier molecular flexibility index (Phi) is 1.58. The highest BCUT2D eigenvalue weighted by molar-refractivity contribution is 5.49. The SMILES string of the molecule is Cc1[nH]n2c(=O)cc(C3CC3)nc2c1C. The van der Waals surface area contributed by atoms with Crippen LogP contribution in [0.25, 0.3) is 5.65 Å². The molecule has 4 nitrogen and oxygen atoms in total. The first-order valence-corrected chi connectivity index (χ1v) is 5.25. The van der Waals surface area contributed by atoms with Crippen molar-refractivity contribution in [3.63, 3.8) is 0 Å². The fourth-order valence-corrected chi connectivity index (χ4v) is 1.87. The quantitative estimate of drug-likeness (QED) is 0.763. The lowest BCUT2D eigenvalue weighted by Crippen LogP contribution is -2.15. The van der Waals surface area contributed by atoms with Gasteiger partial charge in [-0.25, -0.2) is 9.50 Å². The molecule has 0 spiro atoms. The van der Waals surface area contributed by atoms with Crippen LogP contribution in [0.4, 0.5) is 0 Å². The normalized spacial score (nSPS) is 16.1. The Morgan fingerprint density at radius 3 is 2.87 bits per heavy atom. The van der Waals surface area contributed by atoms with Crippen LogP contribution in [0, 0.1) is 13.8 Å². The van der Waals surface area contributed by atoms with Crippen molar-refractivity contribution in [2.75, 3.05) is 0 Å². The number of rotatable bonds is 1. The molecule has 0 saturated heterocycles. The summed E-state index contributed by atoms with van der Waals surface area (Å²) in [6.07, 6.45) is 2.34. The Morgan fingerprint density at radius 1 is 1.47 bits per heavy atom. The zero-order chi connectivity index (χ0) is 10.6. The summed E-state index contributed by atoms with van der Waals surface area (Å²) in [4.78, 5) is 16.3. The Morgan fingerprint density at radius 2 is 2.20 bits per heavy atom. The number of aromatic amines is 1. The molecule has 2 heterocycles. The predicted molar refractivity (Wildman–Crippen MR) is 57.3 cm³/mol. The van der Waals surface area contributed by atoms with Crippen LogP contribution in [-0.2, 0) is 0 Å². The predicted octanol–water partition coefficient (Wildman–Crippen LogP) is 1.52. The van der Waals surface area contributed by atoms with Gasteiger partial charge in [0.1, 0.15) is 0 Å². The van der Waals surface area contributed by atoms with E-state index in [0.717, 1.165) is 22.6 Å².